The quantitative estimate of drug-likeness (QED) is 0.0261. The first-order valence-corrected chi connectivity index (χ1v) is 33.4. The number of esters is 3. The van der Waals surface area contributed by atoms with Gasteiger partial charge in [-0.15, -0.1) is 0 Å². The number of allylic oxidation sites excluding steroid dienone is 12. The van der Waals surface area contributed by atoms with Gasteiger partial charge in [0.1, 0.15) is 13.2 Å². The third kappa shape index (κ3) is 63.6. The molecule has 6 nitrogen and oxygen atoms in total. The van der Waals surface area contributed by atoms with Crippen molar-refractivity contribution >= 4 is 17.9 Å². The number of carbonyl (C=O) groups is 3. The Labute approximate surface area is 478 Å². The van der Waals surface area contributed by atoms with Gasteiger partial charge in [-0.3, -0.25) is 14.4 Å². The Bertz CT molecular complexity index is 1420. The molecule has 0 aliphatic heterocycles. The van der Waals surface area contributed by atoms with Crippen molar-refractivity contribution in [3.63, 3.8) is 0 Å². The van der Waals surface area contributed by atoms with Crippen LogP contribution in [0.5, 0.6) is 0 Å². The number of ether oxygens (including phenoxy) is 3. The molecule has 6 heteroatoms. The van der Waals surface area contributed by atoms with Crippen LogP contribution in [0.15, 0.2) is 72.9 Å². The van der Waals surface area contributed by atoms with Gasteiger partial charge in [-0.1, -0.05) is 286 Å². The fraction of sp³-hybridized carbons (Fsp3) is 0.789. The Kier molecular flexibility index (Phi) is 62.7. The Morgan fingerprint density at radius 1 is 0.273 bits per heavy atom. The summed E-state index contributed by atoms with van der Waals surface area (Å²) in [4.78, 5) is 38.3. The summed E-state index contributed by atoms with van der Waals surface area (Å²) in [5.41, 5.74) is 0. The summed E-state index contributed by atoms with van der Waals surface area (Å²) < 4.78 is 16.9. The molecular weight excluding hydrogens is 949 g/mol. The molecule has 0 radical (unpaired) electrons. The summed E-state index contributed by atoms with van der Waals surface area (Å²) >= 11 is 0. The number of carbonyl (C=O) groups excluding carboxylic acids is 3. The molecule has 0 amide bonds. The molecule has 77 heavy (non-hydrogen) atoms. The van der Waals surface area contributed by atoms with Crippen molar-refractivity contribution < 1.29 is 28.6 Å². The standard InChI is InChI=1S/C71H126O6/c1-4-7-10-13-16-19-22-25-28-30-31-32-33-34-35-36-37-38-39-41-43-46-49-52-55-58-61-64-70(73)76-67-68(66-75-69(72)63-60-57-54-51-48-45-42-27-24-21-18-15-12-9-6-3)77-71(74)65-62-59-56-53-50-47-44-40-29-26-23-20-17-14-11-8-5-2/h8,11,17-18,20-21,26-27,29-31,42,68H,4-7,9-10,12-16,19,22-25,28,32-41,43-67H2,1-3H3/b11-8-,20-17-,21-18-,29-26-,31-30-,42-27-. The molecule has 0 heterocycles. The van der Waals surface area contributed by atoms with Crippen molar-refractivity contribution in [3.8, 4) is 0 Å². The first-order valence-electron chi connectivity index (χ1n) is 33.4. The fourth-order valence-corrected chi connectivity index (χ4v) is 9.66. The molecule has 0 aromatic carbocycles. The van der Waals surface area contributed by atoms with Gasteiger partial charge >= 0.3 is 17.9 Å². The van der Waals surface area contributed by atoms with Crippen LogP contribution < -0.4 is 0 Å². The predicted molar refractivity (Wildman–Crippen MR) is 335 cm³/mol. The molecule has 0 aliphatic rings. The molecular formula is C71H126O6. The van der Waals surface area contributed by atoms with Gasteiger partial charge in [-0.2, -0.15) is 0 Å². The van der Waals surface area contributed by atoms with Gasteiger partial charge in [0, 0.05) is 19.3 Å². The normalized spacial score (nSPS) is 12.5. The van der Waals surface area contributed by atoms with Crippen LogP contribution in [0.25, 0.3) is 0 Å². The average Bonchev–Trinajstić information content (AvgIpc) is 3.43. The van der Waals surface area contributed by atoms with Crippen LogP contribution in [-0.2, 0) is 28.6 Å². The highest BCUT2D eigenvalue weighted by atomic mass is 16.6. The Hall–Kier alpha value is -3.15. The van der Waals surface area contributed by atoms with Crippen LogP contribution in [0.2, 0.25) is 0 Å². The minimum Gasteiger partial charge on any atom is -0.462 e. The largest absolute Gasteiger partial charge is 0.462 e. The lowest BCUT2D eigenvalue weighted by molar-refractivity contribution is -0.167. The summed E-state index contributed by atoms with van der Waals surface area (Å²) in [6.45, 7) is 6.53. The van der Waals surface area contributed by atoms with Crippen LogP contribution >= 0.6 is 0 Å². The van der Waals surface area contributed by atoms with Crippen LogP contribution in [0.1, 0.15) is 342 Å². The zero-order valence-electron chi connectivity index (χ0n) is 51.2. The molecule has 0 rings (SSSR count). The molecule has 0 N–H and O–H groups in total. The second kappa shape index (κ2) is 65.4. The van der Waals surface area contributed by atoms with Crippen molar-refractivity contribution in [2.75, 3.05) is 13.2 Å². The summed E-state index contributed by atoms with van der Waals surface area (Å²) in [7, 11) is 0. The van der Waals surface area contributed by atoms with E-state index >= 15 is 0 Å². The summed E-state index contributed by atoms with van der Waals surface area (Å²) in [6, 6.07) is 0. The molecule has 1 atom stereocenters. The van der Waals surface area contributed by atoms with E-state index in [0.717, 1.165) is 103 Å². The van der Waals surface area contributed by atoms with E-state index in [9.17, 15) is 14.4 Å². The third-order valence-electron chi connectivity index (χ3n) is 14.7. The zero-order chi connectivity index (χ0) is 55.7. The highest BCUT2D eigenvalue weighted by Gasteiger charge is 2.19. The monoisotopic (exact) mass is 1070 g/mol. The molecule has 0 bridgehead atoms. The van der Waals surface area contributed by atoms with Crippen LogP contribution in [0.3, 0.4) is 0 Å². The second-order valence-corrected chi connectivity index (χ2v) is 22.3. The smallest absolute Gasteiger partial charge is 0.306 e. The minimum absolute atomic E-state index is 0.0819. The van der Waals surface area contributed by atoms with Crippen LogP contribution in [0, 0.1) is 0 Å². The Morgan fingerprint density at radius 3 is 0.831 bits per heavy atom. The van der Waals surface area contributed by atoms with Gasteiger partial charge in [0.25, 0.3) is 0 Å². The van der Waals surface area contributed by atoms with E-state index in [1.54, 1.807) is 0 Å². The summed E-state index contributed by atoms with van der Waals surface area (Å²) in [5.74, 6) is -0.890. The lowest BCUT2D eigenvalue weighted by Crippen LogP contribution is -2.30. The van der Waals surface area contributed by atoms with Gasteiger partial charge in [-0.25, -0.2) is 0 Å². The van der Waals surface area contributed by atoms with Gasteiger partial charge in [0.05, 0.1) is 0 Å². The molecule has 0 saturated heterocycles. The third-order valence-corrected chi connectivity index (χ3v) is 14.7. The average molecular weight is 1080 g/mol. The van der Waals surface area contributed by atoms with Gasteiger partial charge < -0.3 is 14.2 Å². The molecule has 0 saturated carbocycles. The van der Waals surface area contributed by atoms with E-state index < -0.39 is 6.10 Å². The zero-order valence-corrected chi connectivity index (χ0v) is 51.2. The van der Waals surface area contributed by atoms with E-state index in [1.807, 2.05) is 0 Å². The summed E-state index contributed by atoms with van der Waals surface area (Å²) in [5, 5.41) is 0. The van der Waals surface area contributed by atoms with E-state index in [-0.39, 0.29) is 31.1 Å². The van der Waals surface area contributed by atoms with Crippen molar-refractivity contribution in [2.45, 2.75) is 348 Å². The maximum atomic E-state index is 12.9. The second-order valence-electron chi connectivity index (χ2n) is 22.3. The number of hydrogen-bond donors (Lipinski definition) is 0. The lowest BCUT2D eigenvalue weighted by Gasteiger charge is -2.18. The topological polar surface area (TPSA) is 78.9 Å². The van der Waals surface area contributed by atoms with Gasteiger partial charge in [-0.05, 0) is 109 Å². The van der Waals surface area contributed by atoms with E-state index in [0.29, 0.717) is 19.3 Å². The van der Waals surface area contributed by atoms with E-state index in [1.165, 1.54) is 199 Å². The molecule has 0 aromatic heterocycles. The minimum atomic E-state index is -0.787. The molecule has 0 fully saturated rings. The maximum Gasteiger partial charge on any atom is 0.306 e. The van der Waals surface area contributed by atoms with Crippen molar-refractivity contribution in [3.05, 3.63) is 72.9 Å². The number of hydrogen-bond acceptors (Lipinski definition) is 6. The van der Waals surface area contributed by atoms with Crippen molar-refractivity contribution in [1.29, 1.82) is 0 Å². The molecule has 0 aliphatic carbocycles. The Balaban J connectivity index is 4.27. The molecule has 0 spiro atoms. The maximum absolute atomic E-state index is 12.9. The van der Waals surface area contributed by atoms with Gasteiger partial charge in [0.15, 0.2) is 6.10 Å². The molecule has 1 unspecified atom stereocenters. The highest BCUT2D eigenvalue weighted by Crippen LogP contribution is 2.17. The van der Waals surface area contributed by atoms with Crippen molar-refractivity contribution in [2.24, 2.45) is 0 Å². The highest BCUT2D eigenvalue weighted by molar-refractivity contribution is 5.71. The van der Waals surface area contributed by atoms with Crippen molar-refractivity contribution in [1.82, 2.24) is 0 Å². The predicted octanol–water partition coefficient (Wildman–Crippen LogP) is 22.9. The fourth-order valence-electron chi connectivity index (χ4n) is 9.66. The SMILES string of the molecule is CC/C=C\C/C=C\C/C=C\CCCCCCCCCC(=O)OC(COC(=O)CCCCCCC/C=C\C/C=C\CCCCC)COC(=O)CCCCCCCCCCCCCCCCC/C=C\CCCCCCCCCC. The van der Waals surface area contributed by atoms with E-state index in [4.69, 9.17) is 14.2 Å². The van der Waals surface area contributed by atoms with Gasteiger partial charge in [0.2, 0.25) is 0 Å². The number of unbranched alkanes of at least 4 members (excludes halogenated alkanes) is 38. The lowest BCUT2D eigenvalue weighted by atomic mass is 10.0. The first-order chi connectivity index (χ1) is 38.0. The first kappa shape index (κ1) is 73.8. The molecule has 446 valence electrons. The van der Waals surface area contributed by atoms with Crippen LogP contribution in [0.4, 0.5) is 0 Å². The Morgan fingerprint density at radius 2 is 0.506 bits per heavy atom. The summed E-state index contributed by atoms with van der Waals surface area (Å²) in [6.07, 6.45) is 84.9. The number of rotatable bonds is 61. The molecule has 0 aromatic rings. The van der Waals surface area contributed by atoms with Crippen LogP contribution in [-0.4, -0.2) is 37.2 Å². The van der Waals surface area contributed by atoms with E-state index in [2.05, 4.69) is 93.7 Å².